The second-order valence-electron chi connectivity index (χ2n) is 7.40. The van der Waals surface area contributed by atoms with Crippen molar-refractivity contribution < 1.29 is 17.4 Å². The third-order valence-corrected chi connectivity index (χ3v) is 6.48. The molecule has 0 aliphatic heterocycles. The Hall–Kier alpha value is -3.60. The van der Waals surface area contributed by atoms with Gasteiger partial charge in [-0.25, -0.2) is 0 Å². The smallest absolute Gasteiger partial charge is 0.339 e. The van der Waals surface area contributed by atoms with Crippen molar-refractivity contribution in [3.8, 4) is 11.8 Å². The number of amides is 1. The van der Waals surface area contributed by atoms with Crippen molar-refractivity contribution in [2.45, 2.75) is 25.7 Å². The fourth-order valence-electron chi connectivity index (χ4n) is 2.96. The summed E-state index contributed by atoms with van der Waals surface area (Å²) in [6.07, 6.45) is 1.24. The largest absolute Gasteiger partial charge is 0.378 e. The molecule has 0 fully saturated rings. The number of nitriles is 1. The third-order valence-electron chi connectivity index (χ3n) is 5.00. The molecule has 0 heterocycles. The van der Waals surface area contributed by atoms with E-state index in [2.05, 4.69) is 5.32 Å². The molecule has 0 atom stereocenters. The summed E-state index contributed by atoms with van der Waals surface area (Å²) in [5.74, 6) is -0.703. The zero-order valence-corrected chi connectivity index (χ0v) is 19.8. The lowest BCUT2D eigenvalue weighted by atomic mass is 10.1. The van der Waals surface area contributed by atoms with Crippen LogP contribution in [0.1, 0.15) is 22.3 Å². The molecular weight excluding hydrogens is 460 g/mol. The molecule has 3 aromatic rings. The Balaban J connectivity index is 1.95. The number of carbonyl (C=O) groups excluding carboxylic acids is 1. The first kappa shape index (κ1) is 24.1. The van der Waals surface area contributed by atoms with Crippen LogP contribution in [0.2, 0.25) is 5.02 Å². The average Bonchev–Trinajstić information content (AvgIpc) is 2.77. The van der Waals surface area contributed by atoms with Crippen molar-refractivity contribution in [3.05, 3.63) is 93.5 Å². The summed E-state index contributed by atoms with van der Waals surface area (Å²) in [6.45, 7) is 5.61. The number of hydrogen-bond acceptors (Lipinski definition) is 5. The van der Waals surface area contributed by atoms with Gasteiger partial charge in [0.1, 0.15) is 22.3 Å². The quantitative estimate of drug-likeness (QED) is 0.282. The van der Waals surface area contributed by atoms with Gasteiger partial charge < -0.3 is 9.50 Å². The number of nitrogens with one attached hydrogen (secondary N) is 1. The molecule has 1 N–H and O–H groups in total. The Morgan fingerprint density at radius 1 is 1.06 bits per heavy atom. The van der Waals surface area contributed by atoms with E-state index in [9.17, 15) is 18.5 Å². The lowest BCUT2D eigenvalue weighted by Crippen LogP contribution is -2.15. The van der Waals surface area contributed by atoms with E-state index in [-0.39, 0.29) is 26.8 Å². The fraction of sp³-hybridized carbons (Fsp3) is 0.120. The fourth-order valence-corrected chi connectivity index (χ4v) is 4.09. The minimum Gasteiger partial charge on any atom is -0.378 e. The second kappa shape index (κ2) is 9.90. The second-order valence-corrected chi connectivity index (χ2v) is 9.39. The van der Waals surface area contributed by atoms with E-state index >= 15 is 0 Å². The number of benzene rings is 3. The highest BCUT2D eigenvalue weighted by molar-refractivity contribution is 7.87. The molecule has 168 valence electrons. The predicted molar refractivity (Wildman–Crippen MR) is 129 cm³/mol. The first-order chi connectivity index (χ1) is 15.6. The van der Waals surface area contributed by atoms with Crippen LogP contribution in [0.15, 0.2) is 71.1 Å². The number of rotatable bonds is 6. The lowest BCUT2D eigenvalue weighted by molar-refractivity contribution is -0.112. The van der Waals surface area contributed by atoms with E-state index in [4.69, 9.17) is 15.8 Å². The lowest BCUT2D eigenvalue weighted by Gasteiger charge is -2.12. The van der Waals surface area contributed by atoms with Crippen LogP contribution in [0.5, 0.6) is 5.75 Å². The summed E-state index contributed by atoms with van der Waals surface area (Å²) < 4.78 is 30.8. The number of halogens is 1. The highest BCUT2D eigenvalue weighted by Gasteiger charge is 2.19. The average molecular weight is 481 g/mol. The Morgan fingerprint density at radius 2 is 1.76 bits per heavy atom. The summed E-state index contributed by atoms with van der Waals surface area (Å²) in [5, 5.41) is 12.6. The number of aryl methyl sites for hydroxylation is 2. The van der Waals surface area contributed by atoms with Gasteiger partial charge in [-0.05, 0) is 74.4 Å². The van der Waals surface area contributed by atoms with Crippen molar-refractivity contribution in [3.63, 3.8) is 0 Å². The maximum absolute atomic E-state index is 12.8. The van der Waals surface area contributed by atoms with Gasteiger partial charge in [-0.15, -0.1) is 0 Å². The van der Waals surface area contributed by atoms with Crippen LogP contribution >= 0.6 is 11.6 Å². The SMILES string of the molecule is Cc1ccc(S(=O)(=O)Oc2ccc(Cl)cc2/C=C(\C#N)C(=O)Nc2cccc(C)c2C)cc1. The third kappa shape index (κ3) is 5.80. The van der Waals surface area contributed by atoms with Crippen LogP contribution in [-0.4, -0.2) is 14.3 Å². The van der Waals surface area contributed by atoms with Crippen LogP contribution in [0.25, 0.3) is 6.08 Å². The monoisotopic (exact) mass is 480 g/mol. The van der Waals surface area contributed by atoms with Crippen LogP contribution < -0.4 is 9.50 Å². The van der Waals surface area contributed by atoms with Gasteiger partial charge in [-0.3, -0.25) is 4.79 Å². The van der Waals surface area contributed by atoms with E-state index in [1.54, 1.807) is 24.3 Å². The standard InChI is InChI=1S/C25H21ClN2O4S/c1-16-7-10-22(11-8-16)33(30,31)32-24-12-9-21(26)14-19(24)13-20(15-27)25(29)28-23-6-4-5-17(2)18(23)3/h4-14H,1-3H3,(H,28,29)/b20-13+. The van der Waals surface area contributed by atoms with Gasteiger partial charge in [0.15, 0.2) is 0 Å². The van der Waals surface area contributed by atoms with Gasteiger partial charge in [-0.2, -0.15) is 13.7 Å². The molecule has 0 aromatic heterocycles. The number of hydrogen-bond donors (Lipinski definition) is 1. The summed E-state index contributed by atoms with van der Waals surface area (Å²) in [7, 11) is -4.14. The maximum Gasteiger partial charge on any atom is 0.339 e. The zero-order valence-electron chi connectivity index (χ0n) is 18.2. The maximum atomic E-state index is 12.8. The van der Waals surface area contributed by atoms with Gasteiger partial charge in [0.05, 0.1) is 0 Å². The molecule has 0 spiro atoms. The molecule has 3 rings (SSSR count). The molecule has 0 saturated carbocycles. The van der Waals surface area contributed by atoms with Crippen molar-refractivity contribution in [1.82, 2.24) is 0 Å². The summed E-state index contributed by atoms with van der Waals surface area (Å²) in [5.41, 5.74) is 3.27. The molecule has 33 heavy (non-hydrogen) atoms. The molecule has 0 radical (unpaired) electrons. The summed E-state index contributed by atoms with van der Waals surface area (Å²) in [4.78, 5) is 12.7. The highest BCUT2D eigenvalue weighted by atomic mass is 35.5. The molecule has 3 aromatic carbocycles. The Labute approximate surface area is 198 Å². The van der Waals surface area contributed by atoms with E-state index in [0.29, 0.717) is 5.69 Å². The molecule has 1 amide bonds. The minimum atomic E-state index is -4.14. The topological polar surface area (TPSA) is 96.3 Å². The van der Waals surface area contributed by atoms with Crippen molar-refractivity contribution in [2.75, 3.05) is 5.32 Å². The van der Waals surface area contributed by atoms with Crippen molar-refractivity contribution in [2.24, 2.45) is 0 Å². The van der Waals surface area contributed by atoms with Gasteiger partial charge >= 0.3 is 10.1 Å². The first-order valence-electron chi connectivity index (χ1n) is 9.91. The molecule has 6 nitrogen and oxygen atoms in total. The Morgan fingerprint density at radius 3 is 2.42 bits per heavy atom. The Bertz CT molecular complexity index is 1390. The van der Waals surface area contributed by atoms with Gasteiger partial charge in [-0.1, -0.05) is 41.4 Å². The van der Waals surface area contributed by atoms with Crippen LogP contribution in [-0.2, 0) is 14.9 Å². The number of anilines is 1. The van der Waals surface area contributed by atoms with Gasteiger partial charge in [0.2, 0.25) is 0 Å². The predicted octanol–water partition coefficient (Wildman–Crippen LogP) is 5.58. The van der Waals surface area contributed by atoms with Gasteiger partial charge in [0.25, 0.3) is 5.91 Å². The molecule has 0 unspecified atom stereocenters. The summed E-state index contributed by atoms with van der Waals surface area (Å²) >= 11 is 6.08. The molecular formula is C25H21ClN2O4S. The molecule has 0 aliphatic rings. The van der Waals surface area contributed by atoms with Crippen molar-refractivity contribution >= 4 is 39.4 Å². The minimum absolute atomic E-state index is 0.0221. The zero-order chi connectivity index (χ0) is 24.2. The van der Waals surface area contributed by atoms with Crippen LogP contribution in [0.3, 0.4) is 0 Å². The molecule has 0 aliphatic carbocycles. The molecule has 0 bridgehead atoms. The van der Waals surface area contributed by atoms with Crippen molar-refractivity contribution in [1.29, 1.82) is 5.26 Å². The summed E-state index contributed by atoms with van der Waals surface area (Å²) in [6, 6.07) is 17.7. The van der Waals surface area contributed by atoms with E-state index in [1.165, 1.54) is 36.4 Å². The van der Waals surface area contributed by atoms with E-state index < -0.39 is 16.0 Å². The number of carbonyl (C=O) groups is 1. The van der Waals surface area contributed by atoms with E-state index in [0.717, 1.165) is 16.7 Å². The molecule has 8 heteroatoms. The number of nitrogens with zero attached hydrogens (tertiary/aromatic N) is 1. The van der Waals surface area contributed by atoms with Crippen LogP contribution in [0.4, 0.5) is 5.69 Å². The van der Waals surface area contributed by atoms with Gasteiger partial charge in [0, 0.05) is 16.3 Å². The normalized spacial score (nSPS) is 11.5. The Kier molecular flexibility index (Phi) is 7.22. The van der Waals surface area contributed by atoms with Crippen LogP contribution in [0, 0.1) is 32.1 Å². The highest BCUT2D eigenvalue weighted by Crippen LogP contribution is 2.29. The molecule has 0 saturated heterocycles. The first-order valence-corrected chi connectivity index (χ1v) is 11.7. The van der Waals surface area contributed by atoms with E-state index in [1.807, 2.05) is 32.9 Å².